The molecule has 8 nitrogen and oxygen atoms in total. The van der Waals surface area contributed by atoms with E-state index in [0.29, 0.717) is 24.6 Å². The lowest BCUT2D eigenvalue weighted by Gasteiger charge is -2.27. The zero-order valence-corrected chi connectivity index (χ0v) is 11.7. The van der Waals surface area contributed by atoms with E-state index in [0.717, 1.165) is 12.4 Å². The van der Waals surface area contributed by atoms with Gasteiger partial charge in [-0.3, -0.25) is 4.79 Å². The van der Waals surface area contributed by atoms with Crippen molar-refractivity contribution in [3.05, 3.63) is 36.4 Å². The van der Waals surface area contributed by atoms with E-state index in [1.807, 2.05) is 23.1 Å². The molecule has 22 heavy (non-hydrogen) atoms. The highest BCUT2D eigenvalue weighted by atomic mass is 16.2. The quantitative estimate of drug-likeness (QED) is 0.845. The Labute approximate surface area is 126 Å². The van der Waals surface area contributed by atoms with Crippen LogP contribution in [0.15, 0.2) is 30.7 Å². The first kappa shape index (κ1) is 13.8. The van der Waals surface area contributed by atoms with Crippen LogP contribution in [-0.4, -0.2) is 40.5 Å². The van der Waals surface area contributed by atoms with Crippen LogP contribution in [0.3, 0.4) is 0 Å². The summed E-state index contributed by atoms with van der Waals surface area (Å²) >= 11 is 0. The highest BCUT2D eigenvalue weighted by molar-refractivity contribution is 5.82. The molecule has 3 heterocycles. The van der Waals surface area contributed by atoms with Crippen LogP contribution in [0.5, 0.6) is 0 Å². The van der Waals surface area contributed by atoms with E-state index in [2.05, 4.69) is 25.6 Å². The molecule has 2 aromatic heterocycles. The number of anilines is 3. The Bertz CT molecular complexity index is 723. The maximum Gasteiger partial charge on any atom is 0.239 e. The smallest absolute Gasteiger partial charge is 0.239 e. The Kier molecular flexibility index (Phi) is 3.78. The fourth-order valence-corrected chi connectivity index (χ4v) is 2.13. The first-order valence-electron chi connectivity index (χ1n) is 6.72. The van der Waals surface area contributed by atoms with Gasteiger partial charge < -0.3 is 15.5 Å². The average molecular weight is 295 g/mol. The van der Waals surface area contributed by atoms with Crippen LogP contribution in [0.2, 0.25) is 0 Å². The van der Waals surface area contributed by atoms with Crippen LogP contribution in [0, 0.1) is 11.3 Å². The monoisotopic (exact) mass is 295 g/mol. The minimum Gasteiger partial charge on any atom is -0.353 e. The molecule has 0 radical (unpaired) electrons. The number of rotatable bonds is 3. The van der Waals surface area contributed by atoms with Gasteiger partial charge in [0.2, 0.25) is 5.91 Å². The maximum absolute atomic E-state index is 11.4. The molecule has 0 spiro atoms. The molecule has 1 fully saturated rings. The lowest BCUT2D eigenvalue weighted by molar-refractivity contribution is -0.120. The molecule has 3 rings (SSSR count). The summed E-state index contributed by atoms with van der Waals surface area (Å²) in [5.74, 6) is 1.12. The summed E-state index contributed by atoms with van der Waals surface area (Å²) < 4.78 is 0. The van der Waals surface area contributed by atoms with Crippen molar-refractivity contribution in [3.8, 4) is 6.07 Å². The minimum absolute atomic E-state index is 0.00604. The van der Waals surface area contributed by atoms with E-state index in [9.17, 15) is 4.79 Å². The van der Waals surface area contributed by atoms with Crippen molar-refractivity contribution in [2.24, 2.45) is 0 Å². The number of piperazine rings is 1. The SMILES string of the molecule is N#Cc1nccnc1Nc1ccc(N2CCNC(=O)C2)nc1. The molecule has 0 aromatic carbocycles. The van der Waals surface area contributed by atoms with E-state index < -0.39 is 0 Å². The van der Waals surface area contributed by atoms with E-state index in [4.69, 9.17) is 5.26 Å². The first-order chi connectivity index (χ1) is 10.8. The van der Waals surface area contributed by atoms with Gasteiger partial charge in [-0.25, -0.2) is 15.0 Å². The molecule has 1 aliphatic heterocycles. The number of amides is 1. The standard InChI is InChI=1S/C14H13N7O/c15-7-11-14(18-4-3-16-11)20-10-1-2-12(19-8-10)21-6-5-17-13(22)9-21/h1-4,8H,5-6,9H2,(H,17,22)(H,18,20). The number of carbonyl (C=O) groups is 1. The van der Waals surface area contributed by atoms with E-state index in [-0.39, 0.29) is 11.6 Å². The highest BCUT2D eigenvalue weighted by Gasteiger charge is 2.17. The Morgan fingerprint density at radius 1 is 1.27 bits per heavy atom. The molecule has 0 saturated carbocycles. The van der Waals surface area contributed by atoms with E-state index in [1.54, 1.807) is 6.20 Å². The number of hydrogen-bond acceptors (Lipinski definition) is 7. The summed E-state index contributed by atoms with van der Waals surface area (Å²) in [6.07, 6.45) is 4.61. The fourth-order valence-electron chi connectivity index (χ4n) is 2.13. The van der Waals surface area contributed by atoms with Gasteiger partial charge in [0.05, 0.1) is 18.4 Å². The third-order valence-corrected chi connectivity index (χ3v) is 3.18. The molecule has 110 valence electrons. The Balaban J connectivity index is 1.74. The van der Waals surface area contributed by atoms with Crippen molar-refractivity contribution >= 4 is 23.2 Å². The second kappa shape index (κ2) is 6.05. The zero-order valence-electron chi connectivity index (χ0n) is 11.7. The number of hydrogen-bond donors (Lipinski definition) is 2. The molecule has 8 heteroatoms. The molecule has 0 unspecified atom stereocenters. The van der Waals surface area contributed by atoms with Gasteiger partial charge in [-0.1, -0.05) is 0 Å². The first-order valence-corrected chi connectivity index (χ1v) is 6.72. The summed E-state index contributed by atoms with van der Waals surface area (Å²) in [4.78, 5) is 25.6. The molecule has 1 amide bonds. The zero-order chi connectivity index (χ0) is 15.4. The Hall–Kier alpha value is -3.21. The Morgan fingerprint density at radius 2 is 2.14 bits per heavy atom. The molecule has 2 N–H and O–H groups in total. The second-order valence-corrected chi connectivity index (χ2v) is 4.67. The van der Waals surface area contributed by atoms with Crippen LogP contribution < -0.4 is 15.5 Å². The summed E-state index contributed by atoms with van der Waals surface area (Å²) in [6, 6.07) is 5.62. The third kappa shape index (κ3) is 2.93. The van der Waals surface area contributed by atoms with E-state index >= 15 is 0 Å². The lowest BCUT2D eigenvalue weighted by atomic mass is 10.3. The highest BCUT2D eigenvalue weighted by Crippen LogP contribution is 2.19. The number of pyridine rings is 1. The molecule has 1 saturated heterocycles. The molecule has 0 atom stereocenters. The van der Waals surface area contributed by atoms with Crippen LogP contribution >= 0.6 is 0 Å². The summed E-state index contributed by atoms with van der Waals surface area (Å²) in [5.41, 5.74) is 0.918. The Morgan fingerprint density at radius 3 is 2.86 bits per heavy atom. The maximum atomic E-state index is 11.4. The van der Waals surface area contributed by atoms with Crippen molar-refractivity contribution in [1.29, 1.82) is 5.26 Å². The van der Waals surface area contributed by atoms with Crippen molar-refractivity contribution < 1.29 is 4.79 Å². The predicted octanol–water partition coefficient (Wildman–Crippen LogP) is 0.423. The van der Waals surface area contributed by atoms with Crippen molar-refractivity contribution in [2.75, 3.05) is 29.9 Å². The molecule has 0 aliphatic carbocycles. The van der Waals surface area contributed by atoms with Crippen molar-refractivity contribution in [1.82, 2.24) is 20.3 Å². The minimum atomic E-state index is -0.00604. The molecule has 0 bridgehead atoms. The summed E-state index contributed by atoms with van der Waals surface area (Å²) in [7, 11) is 0. The summed E-state index contributed by atoms with van der Waals surface area (Å²) in [5, 5.41) is 14.8. The van der Waals surface area contributed by atoms with Gasteiger partial charge in [-0.2, -0.15) is 5.26 Å². The number of nitriles is 1. The van der Waals surface area contributed by atoms with Gasteiger partial charge in [-0.05, 0) is 12.1 Å². The number of carbonyl (C=O) groups excluding carboxylic acids is 1. The molecule has 1 aliphatic rings. The van der Waals surface area contributed by atoms with Crippen molar-refractivity contribution in [3.63, 3.8) is 0 Å². The largest absolute Gasteiger partial charge is 0.353 e. The normalized spacial score (nSPS) is 14.1. The number of nitrogens with one attached hydrogen (secondary N) is 2. The summed E-state index contributed by atoms with van der Waals surface area (Å²) in [6.45, 7) is 1.66. The molecule has 2 aromatic rings. The van der Waals surface area contributed by atoms with Gasteiger partial charge in [0.25, 0.3) is 0 Å². The number of aromatic nitrogens is 3. The van der Waals surface area contributed by atoms with Gasteiger partial charge >= 0.3 is 0 Å². The van der Waals surface area contributed by atoms with Gasteiger partial charge in [-0.15, -0.1) is 0 Å². The lowest BCUT2D eigenvalue weighted by Crippen LogP contribution is -2.48. The molecular formula is C14H13N7O. The van der Waals surface area contributed by atoms with Crippen LogP contribution in [0.1, 0.15) is 5.69 Å². The van der Waals surface area contributed by atoms with Gasteiger partial charge in [0.15, 0.2) is 11.5 Å². The second-order valence-electron chi connectivity index (χ2n) is 4.67. The predicted molar refractivity (Wildman–Crippen MR) is 79.5 cm³/mol. The van der Waals surface area contributed by atoms with E-state index in [1.165, 1.54) is 12.4 Å². The third-order valence-electron chi connectivity index (χ3n) is 3.18. The fraction of sp³-hybridized carbons (Fsp3) is 0.214. The average Bonchev–Trinajstić information content (AvgIpc) is 2.56. The molecular weight excluding hydrogens is 282 g/mol. The van der Waals surface area contributed by atoms with Crippen LogP contribution in [-0.2, 0) is 4.79 Å². The number of nitrogens with zero attached hydrogens (tertiary/aromatic N) is 5. The topological polar surface area (TPSA) is 107 Å². The van der Waals surface area contributed by atoms with Crippen LogP contribution in [0.4, 0.5) is 17.3 Å². The van der Waals surface area contributed by atoms with Gasteiger partial charge in [0.1, 0.15) is 11.9 Å². The van der Waals surface area contributed by atoms with Crippen molar-refractivity contribution in [2.45, 2.75) is 0 Å². The van der Waals surface area contributed by atoms with Crippen LogP contribution in [0.25, 0.3) is 0 Å². The van der Waals surface area contributed by atoms with Gasteiger partial charge in [0, 0.05) is 25.5 Å².